The summed E-state index contributed by atoms with van der Waals surface area (Å²) in [7, 11) is 0. The topological polar surface area (TPSA) is 105 Å². The fourth-order valence-electron chi connectivity index (χ4n) is 2.85. The lowest BCUT2D eigenvalue weighted by Crippen LogP contribution is -2.40. The molecule has 1 heterocycles. The molecule has 0 aromatic heterocycles. The summed E-state index contributed by atoms with van der Waals surface area (Å²) in [5, 5.41) is 5.24. The number of nitrogens with zero attached hydrogens (tertiary/aromatic N) is 1. The van der Waals surface area contributed by atoms with E-state index in [-0.39, 0.29) is 30.1 Å². The average Bonchev–Trinajstić information content (AvgIpc) is 2.95. The smallest absolute Gasteiger partial charge is 0.319 e. The average molecular weight is 356 g/mol. The number of hydrogen-bond acceptors (Lipinski definition) is 3. The highest BCUT2D eigenvalue weighted by Gasteiger charge is 2.31. The summed E-state index contributed by atoms with van der Waals surface area (Å²) in [6, 6.07) is 11.1. The largest absolute Gasteiger partial charge is 0.366 e. The molecule has 1 fully saturated rings. The van der Waals surface area contributed by atoms with Gasteiger partial charge in [-0.1, -0.05) is 18.2 Å². The van der Waals surface area contributed by atoms with E-state index in [0.29, 0.717) is 5.69 Å². The first-order valence-electron chi connectivity index (χ1n) is 7.96. The second-order valence-corrected chi connectivity index (χ2v) is 5.89. The van der Waals surface area contributed by atoms with Gasteiger partial charge in [-0.3, -0.25) is 9.59 Å². The Bertz CT molecular complexity index is 871. The molecule has 3 rings (SSSR count). The summed E-state index contributed by atoms with van der Waals surface area (Å²) < 4.78 is 13.3. The second-order valence-electron chi connectivity index (χ2n) is 5.89. The number of hydrogen-bond donors (Lipinski definition) is 3. The van der Waals surface area contributed by atoms with Gasteiger partial charge < -0.3 is 21.3 Å². The lowest BCUT2D eigenvalue weighted by atomic mass is 10.1. The predicted molar refractivity (Wildman–Crippen MR) is 94.3 cm³/mol. The Morgan fingerprint density at radius 2 is 1.92 bits per heavy atom. The first-order chi connectivity index (χ1) is 12.4. The van der Waals surface area contributed by atoms with Crippen molar-refractivity contribution in [3.05, 3.63) is 59.9 Å². The van der Waals surface area contributed by atoms with Crippen molar-refractivity contribution in [3.63, 3.8) is 0 Å². The van der Waals surface area contributed by atoms with Crippen molar-refractivity contribution in [2.75, 3.05) is 16.8 Å². The summed E-state index contributed by atoms with van der Waals surface area (Å²) in [4.78, 5) is 37.1. The minimum atomic E-state index is -0.658. The number of para-hydroxylation sites is 1. The van der Waals surface area contributed by atoms with Crippen LogP contribution in [0.3, 0.4) is 0 Å². The fraction of sp³-hybridized carbons (Fsp3) is 0.167. The van der Waals surface area contributed by atoms with Crippen LogP contribution in [0.4, 0.5) is 20.6 Å². The molecule has 1 unspecified atom stereocenters. The van der Waals surface area contributed by atoms with Crippen LogP contribution in [0, 0.1) is 5.82 Å². The number of halogens is 1. The van der Waals surface area contributed by atoms with Gasteiger partial charge in [0.1, 0.15) is 5.82 Å². The van der Waals surface area contributed by atoms with Crippen LogP contribution < -0.4 is 21.3 Å². The quantitative estimate of drug-likeness (QED) is 0.779. The minimum Gasteiger partial charge on any atom is -0.366 e. The minimum absolute atomic E-state index is 0.0986. The molecule has 1 saturated heterocycles. The maximum absolute atomic E-state index is 13.3. The second kappa shape index (κ2) is 7.22. The number of rotatable bonds is 4. The zero-order valence-electron chi connectivity index (χ0n) is 13.7. The Kier molecular flexibility index (Phi) is 4.83. The molecule has 4 N–H and O–H groups in total. The molecule has 0 spiro atoms. The highest BCUT2D eigenvalue weighted by Crippen LogP contribution is 2.22. The van der Waals surface area contributed by atoms with E-state index in [1.807, 2.05) is 0 Å². The van der Waals surface area contributed by atoms with Gasteiger partial charge in [0, 0.05) is 18.7 Å². The van der Waals surface area contributed by atoms with Crippen molar-refractivity contribution in [1.29, 1.82) is 0 Å². The van der Waals surface area contributed by atoms with Crippen molar-refractivity contribution >= 4 is 29.2 Å². The van der Waals surface area contributed by atoms with E-state index in [0.717, 1.165) is 0 Å². The summed E-state index contributed by atoms with van der Waals surface area (Å²) >= 11 is 0. The van der Waals surface area contributed by atoms with Crippen LogP contribution in [0.15, 0.2) is 48.5 Å². The van der Waals surface area contributed by atoms with Gasteiger partial charge in [-0.2, -0.15) is 0 Å². The van der Waals surface area contributed by atoms with Crippen LogP contribution in [0.2, 0.25) is 0 Å². The van der Waals surface area contributed by atoms with E-state index >= 15 is 0 Å². The summed E-state index contributed by atoms with van der Waals surface area (Å²) in [5.74, 6) is -1.31. The zero-order chi connectivity index (χ0) is 18.7. The van der Waals surface area contributed by atoms with Crippen LogP contribution in [-0.2, 0) is 4.79 Å². The van der Waals surface area contributed by atoms with Gasteiger partial charge in [0.05, 0.1) is 17.3 Å². The van der Waals surface area contributed by atoms with Gasteiger partial charge in [0.25, 0.3) is 5.91 Å². The molecule has 2 aromatic carbocycles. The van der Waals surface area contributed by atoms with Crippen LogP contribution in [0.5, 0.6) is 0 Å². The number of urea groups is 1. The van der Waals surface area contributed by atoms with Crippen LogP contribution in [0.25, 0.3) is 0 Å². The van der Waals surface area contributed by atoms with Crippen LogP contribution >= 0.6 is 0 Å². The van der Waals surface area contributed by atoms with E-state index in [4.69, 9.17) is 5.73 Å². The SMILES string of the molecule is NC(=O)c1ccccc1NC(=O)NC1CC(=O)N(c2cccc(F)c2)C1. The Balaban J connectivity index is 1.64. The monoisotopic (exact) mass is 356 g/mol. The molecular weight excluding hydrogens is 339 g/mol. The third-order valence-electron chi connectivity index (χ3n) is 4.02. The first kappa shape index (κ1) is 17.4. The van der Waals surface area contributed by atoms with E-state index < -0.39 is 23.8 Å². The maximum atomic E-state index is 13.3. The van der Waals surface area contributed by atoms with Gasteiger partial charge in [0.15, 0.2) is 0 Å². The molecule has 1 aliphatic heterocycles. The molecule has 0 radical (unpaired) electrons. The standard InChI is InChI=1S/C18H17FN4O3/c19-11-4-3-5-13(8-11)23-10-12(9-16(23)24)21-18(26)22-15-7-2-1-6-14(15)17(20)25/h1-8,12H,9-10H2,(H2,20,25)(H2,21,22,26). The molecule has 7 nitrogen and oxygen atoms in total. The van der Waals surface area contributed by atoms with E-state index in [9.17, 15) is 18.8 Å². The van der Waals surface area contributed by atoms with E-state index in [1.165, 1.54) is 29.2 Å². The van der Waals surface area contributed by atoms with Crippen molar-refractivity contribution in [2.45, 2.75) is 12.5 Å². The van der Waals surface area contributed by atoms with Crippen molar-refractivity contribution in [1.82, 2.24) is 5.32 Å². The molecule has 2 aromatic rings. The van der Waals surface area contributed by atoms with E-state index in [1.54, 1.807) is 24.3 Å². The number of primary amides is 1. The molecule has 0 saturated carbocycles. The Hall–Kier alpha value is -3.42. The molecule has 8 heteroatoms. The third-order valence-corrected chi connectivity index (χ3v) is 4.02. The lowest BCUT2D eigenvalue weighted by Gasteiger charge is -2.17. The first-order valence-corrected chi connectivity index (χ1v) is 7.96. The third kappa shape index (κ3) is 3.80. The molecule has 26 heavy (non-hydrogen) atoms. The van der Waals surface area contributed by atoms with Gasteiger partial charge in [-0.25, -0.2) is 9.18 Å². The summed E-state index contributed by atoms with van der Waals surface area (Å²) in [6.45, 7) is 0.229. The number of carbonyl (C=O) groups excluding carboxylic acids is 3. The van der Waals surface area contributed by atoms with Crippen LogP contribution in [0.1, 0.15) is 16.8 Å². The van der Waals surface area contributed by atoms with E-state index in [2.05, 4.69) is 10.6 Å². The molecule has 1 atom stereocenters. The van der Waals surface area contributed by atoms with Gasteiger partial charge >= 0.3 is 6.03 Å². The zero-order valence-corrected chi connectivity index (χ0v) is 13.7. The van der Waals surface area contributed by atoms with Crippen molar-refractivity contribution in [3.8, 4) is 0 Å². The molecule has 4 amide bonds. The predicted octanol–water partition coefficient (Wildman–Crippen LogP) is 1.85. The van der Waals surface area contributed by atoms with Gasteiger partial charge in [-0.15, -0.1) is 0 Å². The molecular formula is C18H17FN4O3. The maximum Gasteiger partial charge on any atom is 0.319 e. The molecule has 0 aliphatic carbocycles. The number of nitrogens with one attached hydrogen (secondary N) is 2. The number of benzene rings is 2. The Labute approximate surface area is 149 Å². The van der Waals surface area contributed by atoms with Crippen LogP contribution in [-0.4, -0.2) is 30.4 Å². The highest BCUT2D eigenvalue weighted by atomic mass is 19.1. The van der Waals surface area contributed by atoms with Gasteiger partial charge in [0.2, 0.25) is 5.91 Å². The number of carbonyl (C=O) groups is 3. The Morgan fingerprint density at radius 3 is 2.65 bits per heavy atom. The normalized spacial score (nSPS) is 16.4. The number of nitrogens with two attached hydrogens (primary N) is 1. The molecule has 1 aliphatic rings. The van der Waals surface area contributed by atoms with Gasteiger partial charge in [-0.05, 0) is 30.3 Å². The highest BCUT2D eigenvalue weighted by molar-refractivity contribution is 6.03. The molecule has 134 valence electrons. The number of anilines is 2. The lowest BCUT2D eigenvalue weighted by molar-refractivity contribution is -0.117. The molecule has 0 bridgehead atoms. The summed E-state index contributed by atoms with van der Waals surface area (Å²) in [6.07, 6.45) is 0.0986. The number of amides is 4. The van der Waals surface area contributed by atoms with Crippen molar-refractivity contribution < 1.29 is 18.8 Å². The fourth-order valence-corrected chi connectivity index (χ4v) is 2.85. The summed E-state index contributed by atoms with van der Waals surface area (Å²) in [5.41, 5.74) is 6.19. The van der Waals surface area contributed by atoms with Crippen molar-refractivity contribution in [2.24, 2.45) is 5.73 Å². The Morgan fingerprint density at radius 1 is 1.15 bits per heavy atom.